The first-order chi connectivity index (χ1) is 53.6. The number of oxime groups is 2. The van der Waals surface area contributed by atoms with Gasteiger partial charge in [0.05, 0.1) is 24.1 Å². The summed E-state index contributed by atoms with van der Waals surface area (Å²) in [6, 6.07) is 50.5. The zero-order valence-electron chi connectivity index (χ0n) is 64.4. The molecule has 0 N–H and O–H groups in total. The Kier molecular flexibility index (Phi) is 24.5. The molecular weight excluding hydrogens is 1440 g/mol. The first-order valence-electron chi connectivity index (χ1n) is 38.0. The number of para-hydroxylation sites is 1. The zero-order valence-corrected chi connectivity index (χ0v) is 64.4. The van der Waals surface area contributed by atoms with Gasteiger partial charge in [0.2, 0.25) is 5.78 Å². The largest absolute Gasteiger partial charge is 0.493 e. The number of hydrogen-bond donors (Lipinski definition) is 0. The van der Waals surface area contributed by atoms with Crippen LogP contribution in [0.25, 0.3) is 65.2 Å². The highest BCUT2D eigenvalue weighted by molar-refractivity contribution is 6.51. The second-order valence-corrected chi connectivity index (χ2v) is 29.3. The quantitative estimate of drug-likeness (QED) is 0.00999. The number of aromatic nitrogens is 2. The summed E-state index contributed by atoms with van der Waals surface area (Å²) >= 11 is 0. The molecule has 0 radical (unpaired) electrons. The van der Waals surface area contributed by atoms with E-state index >= 15 is 9.59 Å². The van der Waals surface area contributed by atoms with Crippen molar-refractivity contribution in [2.45, 2.75) is 165 Å². The highest BCUT2D eigenvalue weighted by Gasteiger charge is 2.42. The summed E-state index contributed by atoms with van der Waals surface area (Å²) in [7, 11) is 0. The third-order valence-corrected chi connectivity index (χ3v) is 21.2. The predicted molar refractivity (Wildman–Crippen MR) is 428 cm³/mol. The predicted octanol–water partition coefficient (Wildman–Crippen LogP) is 22.9. The number of Topliss-reactive ketones (excluding diaryl/α,β-unsaturated/α-hetero) is 1. The van der Waals surface area contributed by atoms with Crippen LogP contribution in [0.2, 0.25) is 0 Å². The van der Waals surface area contributed by atoms with E-state index in [1.54, 1.807) is 36.4 Å². The minimum atomic E-state index is -4.46. The van der Waals surface area contributed by atoms with E-state index in [-0.39, 0.29) is 51.5 Å². The summed E-state index contributed by atoms with van der Waals surface area (Å²) in [6.45, 7) is 17.7. The van der Waals surface area contributed by atoms with Crippen molar-refractivity contribution >= 4 is 106 Å². The molecule has 0 saturated heterocycles. The van der Waals surface area contributed by atoms with Crippen molar-refractivity contribution in [2.75, 3.05) is 13.2 Å². The Morgan fingerprint density at radius 1 is 0.482 bits per heavy atom. The summed E-state index contributed by atoms with van der Waals surface area (Å²) in [5.74, 6) is -6.51. The molecule has 2 atom stereocenters. The van der Waals surface area contributed by atoms with Crippen molar-refractivity contribution in [2.24, 2.45) is 22.1 Å². The number of carbonyl (C=O) groups excluding carboxylic acids is 5. The molecule has 0 aliphatic rings. The molecule has 0 amide bonds. The second-order valence-electron chi connectivity index (χ2n) is 29.3. The lowest BCUT2D eigenvalue weighted by Gasteiger charge is -2.19. The summed E-state index contributed by atoms with van der Waals surface area (Å²) in [4.78, 5) is 80.8. The molecule has 0 fully saturated rings. The Morgan fingerprint density at radius 3 is 1.48 bits per heavy atom. The molecule has 0 aliphatic heterocycles. The number of rotatable bonds is 32. The highest BCUT2D eigenvalue weighted by atomic mass is 19.4. The Labute approximate surface area is 645 Å². The number of carbonyl (C=O) groups is 5. The van der Waals surface area contributed by atoms with E-state index in [2.05, 4.69) is 58.4 Å². The molecule has 2 unspecified atom stereocenters. The maximum Gasteiger partial charge on any atom is 0.392 e. The number of ether oxygens (including phenoxy) is 2. The number of hydrogen-bond acceptors (Lipinski definition) is 11. The molecule has 13 nitrogen and oxygen atoms in total. The summed E-state index contributed by atoms with van der Waals surface area (Å²) < 4.78 is 109. The van der Waals surface area contributed by atoms with Crippen LogP contribution in [0.1, 0.15) is 185 Å². The molecule has 0 aliphatic carbocycles. The van der Waals surface area contributed by atoms with Gasteiger partial charge in [-0.25, -0.2) is 18.4 Å². The topological polar surface area (TPSA) is 157 Å². The number of fused-ring (bicyclic) bond motifs is 10. The van der Waals surface area contributed by atoms with Gasteiger partial charge in [0.1, 0.15) is 17.2 Å². The summed E-state index contributed by atoms with van der Waals surface area (Å²) in [6.07, 6.45) is -1.45. The molecule has 112 heavy (non-hydrogen) atoms. The lowest BCUT2D eigenvalue weighted by molar-refractivity contribution is -0.148. The van der Waals surface area contributed by atoms with Crippen molar-refractivity contribution in [3.63, 3.8) is 0 Å². The molecule has 20 heteroatoms. The van der Waals surface area contributed by atoms with Crippen molar-refractivity contribution < 1.29 is 73.9 Å². The molecular formula is C92H89F7N4O9. The summed E-state index contributed by atoms with van der Waals surface area (Å²) in [5.41, 5.74) is 12.0. The molecule has 0 bridgehead atoms. The number of halogens is 7. The van der Waals surface area contributed by atoms with Crippen LogP contribution in [0, 0.1) is 46.5 Å². The van der Waals surface area contributed by atoms with E-state index in [1.807, 2.05) is 126 Å². The number of benzene rings is 10. The molecule has 12 rings (SSSR count). The van der Waals surface area contributed by atoms with E-state index in [4.69, 9.17) is 19.1 Å². The Hall–Kier alpha value is -11.3. The summed E-state index contributed by atoms with van der Waals surface area (Å²) in [5, 5.41) is 14.5. The van der Waals surface area contributed by atoms with Gasteiger partial charge in [-0.1, -0.05) is 160 Å². The number of alkyl halides is 7. The van der Waals surface area contributed by atoms with E-state index in [0.29, 0.717) is 63.2 Å². The number of unbranched alkanes of at least 4 members (excludes halogenated alkanes) is 2. The fourth-order valence-corrected chi connectivity index (χ4v) is 15.8. The van der Waals surface area contributed by atoms with Crippen LogP contribution >= 0.6 is 0 Å². The SMILES string of the molecule is CCCCC(CC)Cn1c2ccc(/C(=N/OC(C)=O)c3ccccc3OCCC(F)(F)F)cc2c2cc(C(=O)c3c(C)cc(CCCCC(CC)Cn4c5ccc(C(=O)/C(=N/OC(C)=O)c6ccc(OCC(F)(F)C(F)F)cc6)cc5c5cc(C(=O)c6c(C)cc(C)cc6C)c6ccccc6c54)cc3C)c3ccccc3c21. The van der Waals surface area contributed by atoms with Gasteiger partial charge in [0, 0.05) is 115 Å². The van der Waals surface area contributed by atoms with E-state index < -0.39 is 55.9 Å². The number of nitrogens with zero attached hydrogens (tertiary/aromatic N) is 4. The third-order valence-electron chi connectivity index (χ3n) is 21.2. The molecule has 0 spiro atoms. The average molecular weight is 1530 g/mol. The fraction of sp³-hybridized carbons (Fsp3) is 0.315. The highest BCUT2D eigenvalue weighted by Crippen LogP contribution is 2.43. The van der Waals surface area contributed by atoms with Gasteiger partial charge in [-0.2, -0.15) is 22.0 Å². The normalized spacial score (nSPS) is 12.9. The molecule has 0 saturated carbocycles. The maximum absolute atomic E-state index is 15.7. The zero-order chi connectivity index (χ0) is 80.0. The van der Waals surface area contributed by atoms with Gasteiger partial charge in [-0.15, -0.1) is 0 Å². The Balaban J connectivity index is 0.858. The monoisotopic (exact) mass is 1530 g/mol. The lowest BCUT2D eigenvalue weighted by Crippen LogP contribution is -2.33. The van der Waals surface area contributed by atoms with Crippen LogP contribution in [-0.4, -0.2) is 81.6 Å². The second kappa shape index (κ2) is 34.1. The molecule has 12 aromatic rings. The van der Waals surface area contributed by atoms with Gasteiger partial charge in [0.25, 0.3) is 0 Å². The first kappa shape index (κ1) is 80.2. The average Bonchev–Trinajstić information content (AvgIpc) is 1.56. The van der Waals surface area contributed by atoms with E-state index in [0.717, 1.165) is 152 Å². The van der Waals surface area contributed by atoms with E-state index in [1.165, 1.54) is 31.2 Å². The lowest BCUT2D eigenvalue weighted by atomic mass is 9.88. The third kappa shape index (κ3) is 17.3. The minimum absolute atomic E-state index is 0.107. The van der Waals surface area contributed by atoms with Crippen LogP contribution in [0.5, 0.6) is 11.5 Å². The van der Waals surface area contributed by atoms with Gasteiger partial charge < -0.3 is 28.3 Å². The van der Waals surface area contributed by atoms with Crippen LogP contribution in [0.15, 0.2) is 180 Å². The molecule has 2 aromatic heterocycles. The minimum Gasteiger partial charge on any atom is -0.493 e. The number of aryl methyl sites for hydroxylation is 6. The van der Waals surface area contributed by atoms with E-state index in [9.17, 15) is 45.1 Å². The van der Waals surface area contributed by atoms with Crippen molar-refractivity contribution in [1.82, 2.24) is 9.13 Å². The number of ketones is 3. The van der Waals surface area contributed by atoms with Gasteiger partial charge in [-0.3, -0.25) is 14.4 Å². The van der Waals surface area contributed by atoms with Crippen molar-refractivity contribution in [3.8, 4) is 11.5 Å². The fourth-order valence-electron chi connectivity index (χ4n) is 15.8. The van der Waals surface area contributed by atoms with Gasteiger partial charge in [-0.05, 0) is 190 Å². The standard InChI is InChI=1S/C92H89F7N4O9/c1-11-14-23-60(12-2)50-102-78-38-34-64(83(100-111-58(9)104)71-30-21-22-31-80(71)109-41-40-92(97,98)99)46-72(78)74-48-77(68-27-18-19-28-69(68)85(74)102)89(108)82-56(7)44-62(45-57(82)8)25-16-15-24-61(13-3)51-103-79-39-35-65(87(106)84(101-112-59(10)105)63-32-36-66(37-33-63)110-52-91(95,96)90(93)94)47-73(79)75-49-76(67-26-17-20-29-70(67)86(75)103)88(107)81-54(5)42-53(4)43-55(81)6/h17-22,26-39,42-49,60-61,90H,11-16,23-25,40-41,50-52H2,1-10H3/b100-83-,101-84+. The van der Waals surface area contributed by atoms with Gasteiger partial charge >= 0.3 is 30.5 Å². The van der Waals surface area contributed by atoms with Crippen molar-refractivity contribution in [1.29, 1.82) is 0 Å². The van der Waals surface area contributed by atoms with Gasteiger partial charge in [0.15, 0.2) is 23.9 Å². The molecule has 2 heterocycles. The Morgan fingerprint density at radius 2 is 0.964 bits per heavy atom. The molecule has 580 valence electrons. The Bertz CT molecular complexity index is 5650. The van der Waals surface area contributed by atoms with Crippen LogP contribution in [0.4, 0.5) is 30.7 Å². The smallest absolute Gasteiger partial charge is 0.392 e. The molecule has 10 aromatic carbocycles. The first-order valence-corrected chi connectivity index (χ1v) is 38.0. The maximum atomic E-state index is 15.7. The van der Waals surface area contributed by atoms with Crippen LogP contribution in [-0.2, 0) is 38.8 Å². The van der Waals surface area contributed by atoms with Crippen molar-refractivity contribution in [3.05, 3.63) is 248 Å². The van der Waals surface area contributed by atoms with Crippen LogP contribution in [0.3, 0.4) is 0 Å². The van der Waals surface area contributed by atoms with Crippen LogP contribution < -0.4 is 9.47 Å².